The maximum Gasteiger partial charge on any atom is 0.341 e. The summed E-state index contributed by atoms with van der Waals surface area (Å²) < 4.78 is 11.0. The summed E-state index contributed by atoms with van der Waals surface area (Å²) in [5, 5.41) is 15.9. The van der Waals surface area contributed by atoms with Gasteiger partial charge in [-0.05, 0) is 42.5 Å². The van der Waals surface area contributed by atoms with Gasteiger partial charge < -0.3 is 14.8 Å². The highest BCUT2D eigenvalue weighted by Crippen LogP contribution is 2.37. The zero-order chi connectivity index (χ0) is 25.8. The van der Waals surface area contributed by atoms with Crippen molar-refractivity contribution in [2.24, 2.45) is 0 Å². The molecule has 3 rings (SSSR count). The Hall–Kier alpha value is -3.72. The molecule has 1 atom stereocenters. The summed E-state index contributed by atoms with van der Waals surface area (Å²) in [6.07, 6.45) is -0.839. The van der Waals surface area contributed by atoms with E-state index in [9.17, 15) is 19.7 Å². The van der Waals surface area contributed by atoms with E-state index in [0.29, 0.717) is 16.9 Å². The molecule has 1 amide bonds. The molecule has 1 heterocycles. The lowest BCUT2D eigenvalue weighted by Gasteiger charge is -2.20. The van der Waals surface area contributed by atoms with E-state index in [1.807, 2.05) is 24.3 Å². The van der Waals surface area contributed by atoms with Gasteiger partial charge >= 0.3 is 5.97 Å². The lowest BCUT2D eigenvalue weighted by Crippen LogP contribution is -2.30. The van der Waals surface area contributed by atoms with E-state index in [2.05, 4.69) is 26.1 Å². The maximum atomic E-state index is 12.9. The monoisotopic (exact) mass is 496 g/mol. The predicted octanol–water partition coefficient (Wildman–Crippen LogP) is 6.20. The average Bonchev–Trinajstić information content (AvgIpc) is 3.22. The summed E-state index contributed by atoms with van der Waals surface area (Å²) in [4.78, 5) is 36.3. The Morgan fingerprint density at radius 2 is 1.83 bits per heavy atom. The number of carbonyl (C=O) groups excluding carboxylic acids is 2. The second-order valence-electron chi connectivity index (χ2n) is 8.91. The van der Waals surface area contributed by atoms with Crippen LogP contribution in [0, 0.1) is 10.1 Å². The summed E-state index contributed by atoms with van der Waals surface area (Å²) in [5.41, 5.74) is 2.11. The Morgan fingerprint density at radius 1 is 1.14 bits per heavy atom. The Labute approximate surface area is 208 Å². The molecule has 1 N–H and O–H groups in total. The van der Waals surface area contributed by atoms with Crippen LogP contribution in [0.2, 0.25) is 0 Å². The van der Waals surface area contributed by atoms with Crippen LogP contribution in [0.5, 0.6) is 5.75 Å². The molecule has 0 aliphatic rings. The zero-order valence-electron chi connectivity index (χ0n) is 20.3. The first-order valence-corrected chi connectivity index (χ1v) is 12.0. The fourth-order valence-corrected chi connectivity index (χ4v) is 4.32. The number of rotatable bonds is 8. The van der Waals surface area contributed by atoms with E-state index in [1.165, 1.54) is 12.1 Å². The molecule has 9 heteroatoms. The van der Waals surface area contributed by atoms with Gasteiger partial charge in [0.1, 0.15) is 16.3 Å². The molecule has 0 saturated heterocycles. The molecule has 2 aromatic carbocycles. The van der Waals surface area contributed by atoms with Gasteiger partial charge in [-0.15, -0.1) is 11.3 Å². The molecule has 1 aromatic heterocycles. The first-order valence-electron chi connectivity index (χ1n) is 11.1. The van der Waals surface area contributed by atoms with Gasteiger partial charge in [-0.3, -0.25) is 14.9 Å². The minimum absolute atomic E-state index is 0.00107. The number of anilines is 1. The van der Waals surface area contributed by atoms with Crippen molar-refractivity contribution in [2.75, 3.05) is 11.9 Å². The van der Waals surface area contributed by atoms with Gasteiger partial charge in [0, 0.05) is 23.1 Å². The number of esters is 1. The third-order valence-corrected chi connectivity index (χ3v) is 6.17. The van der Waals surface area contributed by atoms with Gasteiger partial charge in [0.05, 0.1) is 11.5 Å². The molecule has 184 valence electrons. The quantitative estimate of drug-likeness (QED) is 0.226. The number of ether oxygens (including phenoxy) is 2. The van der Waals surface area contributed by atoms with Gasteiger partial charge in [-0.2, -0.15) is 0 Å². The average molecular weight is 497 g/mol. The Morgan fingerprint density at radius 3 is 2.43 bits per heavy atom. The number of carbonyl (C=O) groups is 2. The van der Waals surface area contributed by atoms with Crippen molar-refractivity contribution in [1.29, 1.82) is 0 Å². The summed E-state index contributed by atoms with van der Waals surface area (Å²) in [5.74, 6) is -0.519. The smallest absolute Gasteiger partial charge is 0.341 e. The van der Waals surface area contributed by atoms with Crippen LogP contribution in [0.4, 0.5) is 10.7 Å². The molecular weight excluding hydrogens is 468 g/mol. The highest BCUT2D eigenvalue weighted by atomic mass is 32.1. The summed E-state index contributed by atoms with van der Waals surface area (Å²) >= 11 is 1.14. The highest BCUT2D eigenvalue weighted by molar-refractivity contribution is 7.15. The number of amides is 1. The number of benzene rings is 2. The first-order chi connectivity index (χ1) is 16.5. The Kier molecular flexibility index (Phi) is 7.91. The van der Waals surface area contributed by atoms with Crippen LogP contribution >= 0.6 is 11.3 Å². The maximum absolute atomic E-state index is 12.9. The fourth-order valence-electron chi connectivity index (χ4n) is 3.36. The molecular formula is C26H28N2O6S. The standard InChI is InChI=1S/C26H28N2O6S/c1-6-33-25(30)22-21(17-8-7-9-19(14-17)28(31)32)15-35-24(22)27-23(29)16(2)34-20-12-10-18(11-13-20)26(3,4)5/h7-16H,6H2,1-5H3,(H,27,29). The van der Waals surface area contributed by atoms with Crippen molar-refractivity contribution in [3.8, 4) is 16.9 Å². The van der Waals surface area contributed by atoms with E-state index < -0.39 is 22.9 Å². The number of nitrogens with zero attached hydrogens (tertiary/aromatic N) is 1. The Balaban J connectivity index is 1.83. The number of hydrogen-bond acceptors (Lipinski definition) is 7. The van der Waals surface area contributed by atoms with Gasteiger partial charge in [0.2, 0.25) is 0 Å². The van der Waals surface area contributed by atoms with E-state index in [4.69, 9.17) is 9.47 Å². The van der Waals surface area contributed by atoms with Gasteiger partial charge in [0.25, 0.3) is 11.6 Å². The van der Waals surface area contributed by atoms with Crippen LogP contribution in [0.1, 0.15) is 50.5 Å². The molecule has 0 aliphatic carbocycles. The van der Waals surface area contributed by atoms with Gasteiger partial charge in [-0.25, -0.2) is 4.79 Å². The summed E-state index contributed by atoms with van der Waals surface area (Å²) in [6, 6.07) is 13.5. The van der Waals surface area contributed by atoms with Crippen molar-refractivity contribution in [3.63, 3.8) is 0 Å². The normalized spacial score (nSPS) is 12.0. The van der Waals surface area contributed by atoms with Gasteiger partial charge in [-0.1, -0.05) is 45.0 Å². The second kappa shape index (κ2) is 10.7. The molecule has 0 fully saturated rings. The molecule has 0 radical (unpaired) electrons. The van der Waals surface area contributed by atoms with Crippen molar-refractivity contribution in [1.82, 2.24) is 0 Å². The number of nitrogens with one attached hydrogen (secondary N) is 1. The molecule has 1 unspecified atom stereocenters. The predicted molar refractivity (Wildman–Crippen MR) is 136 cm³/mol. The number of thiophene rings is 1. The van der Waals surface area contributed by atoms with Crippen LogP contribution in [0.3, 0.4) is 0 Å². The van der Waals surface area contributed by atoms with Crippen LogP contribution in [-0.4, -0.2) is 29.5 Å². The molecule has 3 aromatic rings. The van der Waals surface area contributed by atoms with E-state index in [0.717, 1.165) is 16.9 Å². The van der Waals surface area contributed by atoms with E-state index in [1.54, 1.807) is 31.4 Å². The number of nitro benzene ring substituents is 1. The zero-order valence-corrected chi connectivity index (χ0v) is 21.1. The Bertz CT molecular complexity index is 1230. The van der Waals surface area contributed by atoms with E-state index in [-0.39, 0.29) is 28.3 Å². The van der Waals surface area contributed by atoms with Crippen LogP contribution in [-0.2, 0) is 14.9 Å². The molecule has 0 aliphatic heterocycles. The minimum Gasteiger partial charge on any atom is -0.481 e. The van der Waals surface area contributed by atoms with Crippen molar-refractivity contribution in [2.45, 2.75) is 46.1 Å². The number of hydrogen-bond donors (Lipinski definition) is 1. The lowest BCUT2D eigenvalue weighted by atomic mass is 9.87. The SMILES string of the molecule is CCOC(=O)c1c(-c2cccc([N+](=O)[O-])c2)csc1NC(=O)C(C)Oc1ccc(C(C)(C)C)cc1. The van der Waals surface area contributed by atoms with Crippen molar-refractivity contribution in [3.05, 3.63) is 75.2 Å². The highest BCUT2D eigenvalue weighted by Gasteiger charge is 2.25. The molecule has 0 bridgehead atoms. The molecule has 35 heavy (non-hydrogen) atoms. The third kappa shape index (κ3) is 6.24. The summed E-state index contributed by atoms with van der Waals surface area (Å²) in [7, 11) is 0. The van der Waals surface area contributed by atoms with Crippen molar-refractivity contribution >= 4 is 33.9 Å². The summed E-state index contributed by atoms with van der Waals surface area (Å²) in [6.45, 7) is 9.78. The van der Waals surface area contributed by atoms with Crippen LogP contribution in [0.15, 0.2) is 53.9 Å². The molecule has 0 saturated carbocycles. The second-order valence-corrected chi connectivity index (χ2v) is 9.78. The lowest BCUT2D eigenvalue weighted by molar-refractivity contribution is -0.384. The largest absolute Gasteiger partial charge is 0.481 e. The number of nitro groups is 1. The third-order valence-electron chi connectivity index (χ3n) is 5.28. The topological polar surface area (TPSA) is 108 Å². The fraction of sp³-hybridized carbons (Fsp3) is 0.308. The first kappa shape index (κ1) is 25.9. The van der Waals surface area contributed by atoms with Crippen LogP contribution in [0.25, 0.3) is 11.1 Å². The van der Waals surface area contributed by atoms with Crippen molar-refractivity contribution < 1.29 is 24.0 Å². The minimum atomic E-state index is -0.839. The van der Waals surface area contributed by atoms with Crippen LogP contribution < -0.4 is 10.1 Å². The number of non-ortho nitro benzene ring substituents is 1. The van der Waals surface area contributed by atoms with Gasteiger partial charge in [0.15, 0.2) is 6.10 Å². The van der Waals surface area contributed by atoms with E-state index >= 15 is 0 Å². The molecule has 8 nitrogen and oxygen atoms in total. The molecule has 0 spiro atoms.